The van der Waals surface area contributed by atoms with E-state index in [2.05, 4.69) is 15.2 Å². The van der Waals surface area contributed by atoms with Crippen molar-refractivity contribution < 1.29 is 9.90 Å². The highest BCUT2D eigenvalue weighted by Crippen LogP contribution is 2.31. The molecule has 0 spiro atoms. The number of carbonyl (C=O) groups is 1. The molecule has 0 aliphatic carbocycles. The van der Waals surface area contributed by atoms with Crippen molar-refractivity contribution in [3.8, 4) is 0 Å². The number of nitrogens with zero attached hydrogens (tertiary/aromatic N) is 4. The number of nitrogen functional groups attached to an aromatic ring is 1. The average molecular weight is 339 g/mol. The number of imidazole rings is 1. The molecule has 4 N–H and O–H groups in total. The predicted octanol–water partition coefficient (Wildman–Crippen LogP) is 0.965. The van der Waals surface area contributed by atoms with E-state index in [1.165, 1.54) is 0 Å². The maximum absolute atomic E-state index is 12.4. The number of piperidine rings is 1. The molecule has 2 aromatic rings. The molecule has 1 atom stereocenters. The van der Waals surface area contributed by atoms with Crippen molar-refractivity contribution in [1.82, 2.24) is 24.6 Å². The topological polar surface area (TPSA) is 113 Å². The molecule has 0 radical (unpaired) electrons. The zero-order valence-electron chi connectivity index (χ0n) is 12.7. The Hall–Kier alpha value is -2.06. The van der Waals surface area contributed by atoms with Crippen LogP contribution < -0.4 is 5.73 Å². The average Bonchev–Trinajstić information content (AvgIpc) is 3.13. The van der Waals surface area contributed by atoms with Gasteiger partial charge in [-0.15, -0.1) is 0 Å². The normalized spacial score (nSPS) is 17.4. The molecule has 1 aliphatic rings. The molecule has 0 unspecified atom stereocenters. The standard InChI is InChI=1S/C14H19ClN6O2/c1-20-7-4-17-13(20)11(22)8-2-5-21(6-3-8)14(23)10-9(15)12(16)19-18-10/h4,7-8,11,22H,2-3,5-6H2,1H3,(H3,16,18,19)/t11-/m1/s1. The lowest BCUT2D eigenvalue weighted by molar-refractivity contribution is 0.0417. The molecule has 23 heavy (non-hydrogen) atoms. The lowest BCUT2D eigenvalue weighted by Crippen LogP contribution is -2.40. The fourth-order valence-corrected chi connectivity index (χ4v) is 3.10. The van der Waals surface area contributed by atoms with E-state index < -0.39 is 6.10 Å². The molecular formula is C14H19ClN6O2. The Labute approximate surface area is 138 Å². The van der Waals surface area contributed by atoms with Crippen molar-refractivity contribution in [3.63, 3.8) is 0 Å². The summed E-state index contributed by atoms with van der Waals surface area (Å²) in [5, 5.41) is 16.9. The van der Waals surface area contributed by atoms with Crippen LogP contribution in [0.25, 0.3) is 0 Å². The zero-order chi connectivity index (χ0) is 16.6. The van der Waals surface area contributed by atoms with Crippen LogP contribution in [0.5, 0.6) is 0 Å². The lowest BCUT2D eigenvalue weighted by atomic mass is 9.90. The van der Waals surface area contributed by atoms with Crippen LogP contribution in [0.3, 0.4) is 0 Å². The number of nitrogens with two attached hydrogens (primary N) is 1. The number of nitrogens with one attached hydrogen (secondary N) is 1. The molecule has 3 rings (SSSR count). The molecule has 1 amide bonds. The second-order valence-electron chi connectivity index (χ2n) is 5.77. The van der Waals surface area contributed by atoms with Crippen LogP contribution in [-0.2, 0) is 7.05 Å². The molecule has 0 bridgehead atoms. The maximum Gasteiger partial charge on any atom is 0.273 e. The Morgan fingerprint density at radius 1 is 1.52 bits per heavy atom. The van der Waals surface area contributed by atoms with E-state index in [1.807, 2.05) is 17.8 Å². The molecule has 3 heterocycles. The number of amides is 1. The first-order chi connectivity index (χ1) is 11.0. The Balaban J connectivity index is 1.63. The molecule has 2 aromatic heterocycles. The predicted molar refractivity (Wildman–Crippen MR) is 84.8 cm³/mol. The van der Waals surface area contributed by atoms with Crippen molar-refractivity contribution in [3.05, 3.63) is 28.9 Å². The van der Waals surface area contributed by atoms with E-state index in [1.54, 1.807) is 11.1 Å². The largest absolute Gasteiger partial charge is 0.385 e. The van der Waals surface area contributed by atoms with Gasteiger partial charge in [-0.2, -0.15) is 5.10 Å². The molecule has 9 heteroatoms. The molecule has 0 aromatic carbocycles. The summed E-state index contributed by atoms with van der Waals surface area (Å²) in [6.07, 6.45) is 4.24. The number of aliphatic hydroxyl groups excluding tert-OH is 1. The highest BCUT2D eigenvalue weighted by atomic mass is 35.5. The molecule has 0 saturated carbocycles. The molecule has 8 nitrogen and oxygen atoms in total. The van der Waals surface area contributed by atoms with Gasteiger partial charge in [0, 0.05) is 32.5 Å². The van der Waals surface area contributed by atoms with Gasteiger partial charge in [-0.25, -0.2) is 4.98 Å². The fraction of sp³-hybridized carbons (Fsp3) is 0.500. The minimum Gasteiger partial charge on any atom is -0.385 e. The minimum atomic E-state index is -0.626. The van der Waals surface area contributed by atoms with Gasteiger partial charge in [0.05, 0.1) is 0 Å². The van der Waals surface area contributed by atoms with Crippen molar-refractivity contribution in [2.75, 3.05) is 18.8 Å². The van der Waals surface area contributed by atoms with Crippen LogP contribution in [0.15, 0.2) is 12.4 Å². The van der Waals surface area contributed by atoms with Gasteiger partial charge in [0.1, 0.15) is 22.6 Å². The van der Waals surface area contributed by atoms with Gasteiger partial charge in [-0.1, -0.05) is 11.6 Å². The van der Waals surface area contributed by atoms with Crippen LogP contribution in [0.1, 0.15) is 35.3 Å². The maximum atomic E-state index is 12.4. The van der Waals surface area contributed by atoms with E-state index in [0.29, 0.717) is 31.8 Å². The molecular weight excluding hydrogens is 320 g/mol. The SMILES string of the molecule is Cn1ccnc1[C@H](O)C1CCN(C(=O)c2[nH]nc(N)c2Cl)CC1. The third kappa shape index (κ3) is 2.91. The number of hydrogen-bond donors (Lipinski definition) is 3. The quantitative estimate of drug-likeness (QED) is 0.771. The summed E-state index contributed by atoms with van der Waals surface area (Å²) in [6, 6.07) is 0. The highest BCUT2D eigenvalue weighted by molar-refractivity contribution is 6.35. The summed E-state index contributed by atoms with van der Waals surface area (Å²) >= 11 is 5.97. The summed E-state index contributed by atoms with van der Waals surface area (Å²) in [5.41, 5.74) is 5.77. The van der Waals surface area contributed by atoms with Crippen molar-refractivity contribution in [1.29, 1.82) is 0 Å². The number of anilines is 1. The lowest BCUT2D eigenvalue weighted by Gasteiger charge is -2.33. The number of H-pyrrole nitrogens is 1. The Morgan fingerprint density at radius 2 is 2.22 bits per heavy atom. The Kier molecular flexibility index (Phi) is 4.27. The molecule has 1 fully saturated rings. The summed E-state index contributed by atoms with van der Waals surface area (Å²) < 4.78 is 1.81. The van der Waals surface area contributed by atoms with Crippen molar-refractivity contribution in [2.24, 2.45) is 13.0 Å². The van der Waals surface area contributed by atoms with E-state index in [9.17, 15) is 9.90 Å². The van der Waals surface area contributed by atoms with E-state index in [0.717, 1.165) is 0 Å². The summed E-state index contributed by atoms with van der Waals surface area (Å²) in [5.74, 6) is 0.626. The first kappa shape index (κ1) is 15.8. The van der Waals surface area contributed by atoms with E-state index in [-0.39, 0.29) is 28.4 Å². The number of aliphatic hydroxyl groups is 1. The first-order valence-electron chi connectivity index (χ1n) is 7.43. The van der Waals surface area contributed by atoms with Crippen molar-refractivity contribution >= 4 is 23.3 Å². The number of carbonyl (C=O) groups excluding carboxylic acids is 1. The van der Waals surface area contributed by atoms with Gasteiger partial charge in [0.25, 0.3) is 5.91 Å². The minimum absolute atomic E-state index is 0.0717. The second kappa shape index (κ2) is 6.21. The third-order valence-corrected chi connectivity index (χ3v) is 4.73. The van der Waals surface area contributed by atoms with Gasteiger partial charge in [0.15, 0.2) is 5.82 Å². The van der Waals surface area contributed by atoms with Crippen molar-refractivity contribution in [2.45, 2.75) is 18.9 Å². The number of aromatic nitrogens is 4. The number of aromatic amines is 1. The zero-order valence-corrected chi connectivity index (χ0v) is 13.5. The van der Waals surface area contributed by atoms with Gasteiger partial charge >= 0.3 is 0 Å². The van der Waals surface area contributed by atoms with Crippen LogP contribution in [0.4, 0.5) is 5.82 Å². The Morgan fingerprint density at radius 3 is 2.74 bits per heavy atom. The van der Waals surface area contributed by atoms with Crippen LogP contribution in [0.2, 0.25) is 5.02 Å². The molecule has 124 valence electrons. The number of likely N-dealkylation sites (tertiary alicyclic amines) is 1. The van der Waals surface area contributed by atoms with E-state index in [4.69, 9.17) is 17.3 Å². The van der Waals surface area contributed by atoms with Gasteiger partial charge in [-0.05, 0) is 18.8 Å². The summed E-state index contributed by atoms with van der Waals surface area (Å²) in [6.45, 7) is 1.08. The second-order valence-corrected chi connectivity index (χ2v) is 6.15. The number of halogens is 1. The Bertz CT molecular complexity index is 704. The highest BCUT2D eigenvalue weighted by Gasteiger charge is 2.31. The van der Waals surface area contributed by atoms with Gasteiger partial charge in [-0.3, -0.25) is 9.89 Å². The van der Waals surface area contributed by atoms with Gasteiger partial charge < -0.3 is 20.3 Å². The van der Waals surface area contributed by atoms with Crippen LogP contribution in [0, 0.1) is 5.92 Å². The van der Waals surface area contributed by atoms with Gasteiger partial charge in [0.2, 0.25) is 0 Å². The molecule has 1 aliphatic heterocycles. The smallest absolute Gasteiger partial charge is 0.273 e. The molecule has 1 saturated heterocycles. The third-order valence-electron chi connectivity index (χ3n) is 4.34. The summed E-state index contributed by atoms with van der Waals surface area (Å²) in [4.78, 5) is 18.3. The number of rotatable bonds is 3. The number of aryl methyl sites for hydroxylation is 1. The van der Waals surface area contributed by atoms with E-state index >= 15 is 0 Å². The van der Waals surface area contributed by atoms with Crippen LogP contribution >= 0.6 is 11.6 Å². The summed E-state index contributed by atoms with van der Waals surface area (Å²) in [7, 11) is 1.86. The van der Waals surface area contributed by atoms with Crippen LogP contribution in [-0.4, -0.2) is 48.8 Å². The first-order valence-corrected chi connectivity index (χ1v) is 7.80. The number of hydrogen-bond acceptors (Lipinski definition) is 5. The fourth-order valence-electron chi connectivity index (χ4n) is 2.93. The monoisotopic (exact) mass is 338 g/mol.